The van der Waals surface area contributed by atoms with Gasteiger partial charge < -0.3 is 24.8 Å². The minimum absolute atomic E-state index is 0.306. The third-order valence-electron chi connectivity index (χ3n) is 3.06. The zero-order valence-electron chi connectivity index (χ0n) is 10.2. The highest BCUT2D eigenvalue weighted by molar-refractivity contribution is 14.1. The number of rotatable bonds is 4. The van der Waals surface area contributed by atoms with Gasteiger partial charge in [-0.15, -0.1) is 0 Å². The molecule has 6 heteroatoms. The molecule has 0 aliphatic carbocycles. The molecule has 1 fully saturated rings. The summed E-state index contributed by atoms with van der Waals surface area (Å²) in [6, 6.07) is 9.54. The van der Waals surface area contributed by atoms with Crippen LogP contribution in [0.1, 0.15) is 5.56 Å². The first-order valence-electron chi connectivity index (χ1n) is 6.05. The zero-order valence-corrected chi connectivity index (χ0v) is 12.4. The van der Waals surface area contributed by atoms with Crippen molar-refractivity contribution in [3.63, 3.8) is 0 Å². The molecule has 1 aromatic carbocycles. The van der Waals surface area contributed by atoms with Gasteiger partial charge in [-0.05, 0) is 5.56 Å². The van der Waals surface area contributed by atoms with Gasteiger partial charge in [-0.1, -0.05) is 52.9 Å². The van der Waals surface area contributed by atoms with Crippen LogP contribution in [-0.2, 0) is 16.1 Å². The van der Waals surface area contributed by atoms with E-state index in [1.807, 2.05) is 52.9 Å². The van der Waals surface area contributed by atoms with E-state index in [9.17, 15) is 10.2 Å². The van der Waals surface area contributed by atoms with E-state index in [1.54, 1.807) is 0 Å². The highest BCUT2D eigenvalue weighted by atomic mass is 127. The lowest BCUT2D eigenvalue weighted by atomic mass is 10.0. The zero-order chi connectivity index (χ0) is 13.8. The van der Waals surface area contributed by atoms with E-state index in [1.165, 1.54) is 0 Å². The molecule has 106 valence electrons. The molecule has 0 aromatic heterocycles. The van der Waals surface area contributed by atoms with Crippen molar-refractivity contribution >= 4 is 22.6 Å². The average Bonchev–Trinajstić information content (AvgIpc) is 2.45. The molecule has 1 aromatic rings. The Morgan fingerprint density at radius 3 is 2.47 bits per heavy atom. The minimum Gasteiger partial charge on any atom is -0.394 e. The van der Waals surface area contributed by atoms with E-state index < -0.39 is 28.5 Å². The molecule has 0 spiro atoms. The standard InChI is InChI=1S/C13H17IO5/c14-10-11(16)9(6-15)19-13(12(10)17)18-7-8-4-2-1-3-5-8/h1-5,9-13,15-17H,6-7H2/t9-,10+,11-,12-,13+/m1/s1. The largest absolute Gasteiger partial charge is 0.394 e. The molecule has 0 saturated carbocycles. The van der Waals surface area contributed by atoms with Crippen LogP contribution >= 0.6 is 22.6 Å². The fourth-order valence-electron chi connectivity index (χ4n) is 1.93. The lowest BCUT2D eigenvalue weighted by Crippen LogP contribution is -2.56. The van der Waals surface area contributed by atoms with E-state index in [-0.39, 0.29) is 6.61 Å². The number of benzene rings is 1. The molecule has 1 aliphatic heterocycles. The quantitative estimate of drug-likeness (QED) is 0.522. The number of hydrogen-bond acceptors (Lipinski definition) is 5. The number of hydrogen-bond donors (Lipinski definition) is 3. The van der Waals surface area contributed by atoms with Gasteiger partial charge in [-0.25, -0.2) is 0 Å². The molecule has 0 radical (unpaired) electrons. The Labute approximate surface area is 125 Å². The SMILES string of the molecule is OC[C@H]1O[C@H](OCc2ccccc2)[C@H](O)[C@@H](I)[C@@H]1O. The van der Waals surface area contributed by atoms with E-state index >= 15 is 0 Å². The molecule has 1 saturated heterocycles. The average molecular weight is 380 g/mol. The third kappa shape index (κ3) is 3.65. The van der Waals surface area contributed by atoms with Gasteiger partial charge in [0, 0.05) is 0 Å². The first-order chi connectivity index (χ1) is 9.13. The topological polar surface area (TPSA) is 79.2 Å². The van der Waals surface area contributed by atoms with Crippen LogP contribution < -0.4 is 0 Å². The normalized spacial score (nSPS) is 35.3. The number of ether oxygens (including phenoxy) is 2. The van der Waals surface area contributed by atoms with Crippen LogP contribution in [0, 0.1) is 0 Å². The first kappa shape index (κ1) is 15.1. The number of halogens is 1. The highest BCUT2D eigenvalue weighted by Gasteiger charge is 2.43. The molecule has 2 rings (SSSR count). The minimum atomic E-state index is -0.929. The van der Waals surface area contributed by atoms with E-state index in [0.717, 1.165) is 5.56 Å². The summed E-state index contributed by atoms with van der Waals surface area (Å²) in [6.07, 6.45) is -3.41. The molecule has 0 amide bonds. The van der Waals surface area contributed by atoms with Crippen molar-refractivity contribution in [3.8, 4) is 0 Å². The van der Waals surface area contributed by atoms with Crippen LogP contribution in [0.5, 0.6) is 0 Å². The highest BCUT2D eigenvalue weighted by Crippen LogP contribution is 2.27. The fraction of sp³-hybridized carbons (Fsp3) is 0.538. The van der Waals surface area contributed by atoms with E-state index in [2.05, 4.69) is 0 Å². The molecule has 0 bridgehead atoms. The smallest absolute Gasteiger partial charge is 0.185 e. The Balaban J connectivity index is 1.95. The van der Waals surface area contributed by atoms with Crippen LogP contribution in [0.25, 0.3) is 0 Å². The molecular formula is C13H17IO5. The summed E-state index contributed by atoms with van der Waals surface area (Å²) in [7, 11) is 0. The molecule has 1 aliphatic rings. The summed E-state index contributed by atoms with van der Waals surface area (Å²) in [5.74, 6) is 0. The van der Waals surface area contributed by atoms with Crippen molar-refractivity contribution in [2.75, 3.05) is 6.61 Å². The Kier molecular flexibility index (Phi) is 5.55. The van der Waals surface area contributed by atoms with Gasteiger partial charge >= 0.3 is 0 Å². The first-order valence-corrected chi connectivity index (χ1v) is 7.30. The summed E-state index contributed by atoms with van der Waals surface area (Å²) in [5.41, 5.74) is 0.968. The molecule has 0 unspecified atom stereocenters. The van der Waals surface area contributed by atoms with Gasteiger partial charge in [0.15, 0.2) is 6.29 Å². The van der Waals surface area contributed by atoms with Crippen molar-refractivity contribution in [3.05, 3.63) is 35.9 Å². The molecule has 3 N–H and O–H groups in total. The van der Waals surface area contributed by atoms with E-state index in [0.29, 0.717) is 6.61 Å². The van der Waals surface area contributed by atoms with Crippen molar-refractivity contribution in [1.29, 1.82) is 0 Å². The summed E-state index contributed by atoms with van der Waals surface area (Å²) >= 11 is 1.95. The Morgan fingerprint density at radius 2 is 1.84 bits per heavy atom. The number of alkyl halides is 1. The lowest BCUT2D eigenvalue weighted by molar-refractivity contribution is -0.269. The molecular weight excluding hydrogens is 363 g/mol. The van der Waals surface area contributed by atoms with Crippen LogP contribution in [-0.4, -0.2) is 50.5 Å². The van der Waals surface area contributed by atoms with Crippen LogP contribution in [0.15, 0.2) is 30.3 Å². The van der Waals surface area contributed by atoms with Crippen LogP contribution in [0.2, 0.25) is 0 Å². The van der Waals surface area contributed by atoms with Crippen LogP contribution in [0.4, 0.5) is 0 Å². The second-order valence-corrected chi connectivity index (χ2v) is 5.89. The van der Waals surface area contributed by atoms with Gasteiger partial charge in [0.25, 0.3) is 0 Å². The Bertz CT molecular complexity index is 386. The van der Waals surface area contributed by atoms with E-state index in [4.69, 9.17) is 14.6 Å². The summed E-state index contributed by atoms with van der Waals surface area (Å²) < 4.78 is 10.5. The predicted molar refractivity (Wildman–Crippen MR) is 76.8 cm³/mol. The fourth-order valence-corrected chi connectivity index (χ4v) is 2.73. The Hall–Kier alpha value is -0.250. The monoisotopic (exact) mass is 380 g/mol. The summed E-state index contributed by atoms with van der Waals surface area (Å²) in [5, 5.41) is 28.9. The Morgan fingerprint density at radius 1 is 1.16 bits per heavy atom. The van der Waals surface area contributed by atoms with Gasteiger partial charge in [-0.3, -0.25) is 0 Å². The lowest BCUT2D eigenvalue weighted by Gasteiger charge is -2.39. The number of aliphatic hydroxyl groups is 3. The van der Waals surface area contributed by atoms with Crippen molar-refractivity contribution in [1.82, 2.24) is 0 Å². The number of aliphatic hydroxyl groups excluding tert-OH is 3. The van der Waals surface area contributed by atoms with Crippen molar-refractivity contribution in [2.45, 2.75) is 35.1 Å². The molecule has 5 atom stereocenters. The maximum atomic E-state index is 10.0. The van der Waals surface area contributed by atoms with Crippen LogP contribution in [0.3, 0.4) is 0 Å². The summed E-state index contributed by atoms with van der Waals surface area (Å²) in [6.45, 7) is -0.00123. The maximum Gasteiger partial charge on any atom is 0.185 e. The second kappa shape index (κ2) is 6.96. The van der Waals surface area contributed by atoms with Gasteiger partial charge in [0.1, 0.15) is 12.2 Å². The van der Waals surface area contributed by atoms with Gasteiger partial charge in [0.2, 0.25) is 0 Å². The van der Waals surface area contributed by atoms with Crippen molar-refractivity contribution < 1.29 is 24.8 Å². The van der Waals surface area contributed by atoms with Gasteiger partial charge in [-0.2, -0.15) is 0 Å². The molecule has 5 nitrogen and oxygen atoms in total. The summed E-state index contributed by atoms with van der Waals surface area (Å²) in [4.78, 5) is 0. The molecule has 19 heavy (non-hydrogen) atoms. The predicted octanol–water partition coefficient (Wildman–Crippen LogP) is 0.446. The second-order valence-electron chi connectivity index (χ2n) is 4.45. The van der Waals surface area contributed by atoms with Gasteiger partial charge in [0.05, 0.1) is 23.2 Å². The third-order valence-corrected chi connectivity index (χ3v) is 4.53. The molecule has 1 heterocycles. The van der Waals surface area contributed by atoms with Crippen molar-refractivity contribution in [2.24, 2.45) is 0 Å². The maximum absolute atomic E-state index is 10.0.